The first-order valence-corrected chi connectivity index (χ1v) is 9.04. The van der Waals surface area contributed by atoms with E-state index in [2.05, 4.69) is 10.6 Å². The Labute approximate surface area is 172 Å². The number of carbonyl (C=O) groups is 2. The molecule has 0 aromatic heterocycles. The molecule has 3 aromatic carbocycles. The highest BCUT2D eigenvalue weighted by molar-refractivity contribution is 6.31. The molecule has 0 aliphatic heterocycles. The van der Waals surface area contributed by atoms with E-state index in [0.29, 0.717) is 38.3 Å². The van der Waals surface area contributed by atoms with Gasteiger partial charge in [-0.2, -0.15) is 0 Å². The molecule has 2 N–H and O–H groups in total. The van der Waals surface area contributed by atoms with Gasteiger partial charge in [-0.25, -0.2) is 0 Å². The van der Waals surface area contributed by atoms with Crippen LogP contribution in [0.2, 0.25) is 10.0 Å². The monoisotopic (exact) mass is 414 g/mol. The molecule has 7 heteroatoms. The summed E-state index contributed by atoms with van der Waals surface area (Å²) >= 11 is 11.7. The highest BCUT2D eigenvalue weighted by Crippen LogP contribution is 2.29. The van der Waals surface area contributed by atoms with Crippen molar-refractivity contribution in [3.05, 3.63) is 87.9 Å². The van der Waals surface area contributed by atoms with E-state index in [-0.39, 0.29) is 11.8 Å². The number of benzene rings is 3. The number of anilines is 2. The Morgan fingerprint density at radius 2 is 1.25 bits per heavy atom. The van der Waals surface area contributed by atoms with Gasteiger partial charge in [0.2, 0.25) is 0 Å². The Balaban J connectivity index is 1.79. The zero-order chi connectivity index (χ0) is 20.1. The van der Waals surface area contributed by atoms with Crippen molar-refractivity contribution in [3.63, 3.8) is 0 Å². The predicted octanol–water partition coefficient (Wildman–Crippen LogP) is 5.51. The lowest BCUT2D eigenvalue weighted by Gasteiger charge is -2.13. The molecule has 0 atom stereocenters. The van der Waals surface area contributed by atoms with E-state index in [4.69, 9.17) is 27.9 Å². The number of carbonyl (C=O) groups excluding carboxylic acids is 2. The molecule has 0 aliphatic rings. The number of methoxy groups -OCH3 is 1. The Bertz CT molecular complexity index is 1000. The molecule has 0 heterocycles. The lowest BCUT2D eigenvalue weighted by molar-refractivity contribution is 0.101. The van der Waals surface area contributed by atoms with Crippen LogP contribution in [-0.4, -0.2) is 18.9 Å². The molecule has 28 heavy (non-hydrogen) atoms. The van der Waals surface area contributed by atoms with E-state index in [9.17, 15) is 9.59 Å². The molecule has 0 saturated heterocycles. The third kappa shape index (κ3) is 4.82. The molecule has 0 unspecified atom stereocenters. The van der Waals surface area contributed by atoms with E-state index in [1.807, 2.05) is 0 Å². The maximum Gasteiger partial charge on any atom is 0.255 e. The number of halogens is 2. The van der Waals surface area contributed by atoms with Gasteiger partial charge >= 0.3 is 0 Å². The summed E-state index contributed by atoms with van der Waals surface area (Å²) in [6.45, 7) is 0. The average Bonchev–Trinajstić information content (AvgIpc) is 2.69. The van der Waals surface area contributed by atoms with Crippen molar-refractivity contribution < 1.29 is 14.3 Å². The second-order valence-electron chi connectivity index (χ2n) is 5.84. The lowest BCUT2D eigenvalue weighted by Crippen LogP contribution is -2.14. The van der Waals surface area contributed by atoms with Crippen molar-refractivity contribution in [1.29, 1.82) is 0 Å². The van der Waals surface area contributed by atoms with Crippen LogP contribution >= 0.6 is 23.2 Å². The Kier molecular flexibility index (Phi) is 6.19. The van der Waals surface area contributed by atoms with Crippen LogP contribution in [0.25, 0.3) is 0 Å². The SMILES string of the molecule is COc1ccc(NC(=O)c2ccc(Cl)cc2)cc1NC(=O)c1ccc(Cl)cc1. The summed E-state index contributed by atoms with van der Waals surface area (Å²) < 4.78 is 5.30. The molecular formula is C21H16Cl2N2O3. The molecule has 5 nitrogen and oxygen atoms in total. The van der Waals surface area contributed by atoms with Gasteiger partial charge in [-0.1, -0.05) is 23.2 Å². The van der Waals surface area contributed by atoms with Crippen LogP contribution in [-0.2, 0) is 0 Å². The Morgan fingerprint density at radius 1 is 0.750 bits per heavy atom. The summed E-state index contributed by atoms with van der Waals surface area (Å²) in [6, 6.07) is 18.0. The van der Waals surface area contributed by atoms with Crippen LogP contribution < -0.4 is 15.4 Å². The normalized spacial score (nSPS) is 10.2. The van der Waals surface area contributed by atoms with E-state index in [0.717, 1.165) is 0 Å². The summed E-state index contributed by atoms with van der Waals surface area (Å²) in [7, 11) is 1.50. The number of ether oxygens (including phenoxy) is 1. The molecule has 0 bridgehead atoms. The van der Waals surface area contributed by atoms with Crippen molar-refractivity contribution >= 4 is 46.4 Å². The van der Waals surface area contributed by atoms with Gasteiger partial charge in [0.1, 0.15) is 5.75 Å². The number of hydrogen-bond acceptors (Lipinski definition) is 3. The number of amides is 2. The minimum Gasteiger partial charge on any atom is -0.495 e. The molecule has 3 aromatic rings. The van der Waals surface area contributed by atoms with Gasteiger partial charge in [-0.3, -0.25) is 9.59 Å². The zero-order valence-electron chi connectivity index (χ0n) is 14.8. The van der Waals surface area contributed by atoms with Crippen molar-refractivity contribution in [3.8, 4) is 5.75 Å². The molecule has 0 fully saturated rings. The van der Waals surface area contributed by atoms with Gasteiger partial charge in [0, 0.05) is 26.9 Å². The molecule has 3 rings (SSSR count). The fourth-order valence-corrected chi connectivity index (χ4v) is 2.74. The lowest BCUT2D eigenvalue weighted by atomic mass is 10.2. The predicted molar refractivity (Wildman–Crippen MR) is 112 cm³/mol. The van der Waals surface area contributed by atoms with Crippen LogP contribution in [0.3, 0.4) is 0 Å². The summed E-state index contributed by atoms with van der Waals surface area (Å²) in [5.41, 5.74) is 1.84. The minimum atomic E-state index is -0.323. The fraction of sp³-hybridized carbons (Fsp3) is 0.0476. The van der Waals surface area contributed by atoms with E-state index < -0.39 is 0 Å². The van der Waals surface area contributed by atoms with Crippen LogP contribution in [0.5, 0.6) is 5.75 Å². The van der Waals surface area contributed by atoms with Gasteiger partial charge in [0.15, 0.2) is 0 Å². The van der Waals surface area contributed by atoms with Crippen LogP contribution in [0, 0.1) is 0 Å². The second-order valence-corrected chi connectivity index (χ2v) is 6.71. The van der Waals surface area contributed by atoms with Crippen molar-refractivity contribution in [2.75, 3.05) is 17.7 Å². The van der Waals surface area contributed by atoms with Gasteiger partial charge in [-0.15, -0.1) is 0 Å². The second kappa shape index (κ2) is 8.78. The number of nitrogens with one attached hydrogen (secondary N) is 2. The molecular weight excluding hydrogens is 399 g/mol. The first-order chi connectivity index (χ1) is 13.5. The third-order valence-electron chi connectivity index (χ3n) is 3.92. The topological polar surface area (TPSA) is 67.4 Å². The van der Waals surface area contributed by atoms with E-state index in [1.54, 1.807) is 66.7 Å². The average molecular weight is 415 g/mol. The molecule has 0 radical (unpaired) electrons. The largest absolute Gasteiger partial charge is 0.495 e. The van der Waals surface area contributed by atoms with Crippen LogP contribution in [0.15, 0.2) is 66.7 Å². The van der Waals surface area contributed by atoms with Crippen LogP contribution in [0.1, 0.15) is 20.7 Å². The minimum absolute atomic E-state index is 0.295. The first-order valence-electron chi connectivity index (χ1n) is 8.28. The molecule has 0 saturated carbocycles. The zero-order valence-corrected chi connectivity index (χ0v) is 16.3. The standard InChI is InChI=1S/C21H16Cl2N2O3/c1-28-19-11-10-17(24-20(26)13-2-6-15(22)7-3-13)12-18(19)25-21(27)14-4-8-16(23)9-5-14/h2-12H,1H3,(H,24,26)(H,25,27). The quantitative estimate of drug-likeness (QED) is 0.578. The smallest absolute Gasteiger partial charge is 0.255 e. The summed E-state index contributed by atoms with van der Waals surface area (Å²) in [6.07, 6.45) is 0. The summed E-state index contributed by atoms with van der Waals surface area (Å²) in [4.78, 5) is 24.9. The molecule has 0 spiro atoms. The maximum atomic E-state index is 12.5. The van der Waals surface area contributed by atoms with E-state index in [1.165, 1.54) is 7.11 Å². The summed E-state index contributed by atoms with van der Waals surface area (Å²) in [5, 5.41) is 6.66. The van der Waals surface area contributed by atoms with E-state index >= 15 is 0 Å². The highest BCUT2D eigenvalue weighted by Gasteiger charge is 2.12. The van der Waals surface area contributed by atoms with Crippen molar-refractivity contribution in [2.24, 2.45) is 0 Å². The first kappa shape index (κ1) is 19.7. The number of rotatable bonds is 5. The molecule has 0 aliphatic carbocycles. The summed E-state index contributed by atoms with van der Waals surface area (Å²) in [5.74, 6) is -0.153. The molecule has 2 amide bonds. The van der Waals surface area contributed by atoms with Gasteiger partial charge in [0.05, 0.1) is 12.8 Å². The highest BCUT2D eigenvalue weighted by atomic mass is 35.5. The molecule has 142 valence electrons. The van der Waals surface area contributed by atoms with Gasteiger partial charge in [0.25, 0.3) is 11.8 Å². The Hall–Kier alpha value is -3.02. The third-order valence-corrected chi connectivity index (χ3v) is 4.42. The van der Waals surface area contributed by atoms with Crippen molar-refractivity contribution in [2.45, 2.75) is 0 Å². The number of hydrogen-bond donors (Lipinski definition) is 2. The van der Waals surface area contributed by atoms with Gasteiger partial charge in [-0.05, 0) is 66.7 Å². The van der Waals surface area contributed by atoms with Crippen molar-refractivity contribution in [1.82, 2.24) is 0 Å². The van der Waals surface area contributed by atoms with Crippen LogP contribution in [0.4, 0.5) is 11.4 Å². The Morgan fingerprint density at radius 3 is 1.75 bits per heavy atom. The van der Waals surface area contributed by atoms with Gasteiger partial charge < -0.3 is 15.4 Å². The maximum absolute atomic E-state index is 12.5. The fourth-order valence-electron chi connectivity index (χ4n) is 2.48.